The summed E-state index contributed by atoms with van der Waals surface area (Å²) in [6.07, 6.45) is 1.51. The average molecular weight is 481 g/mol. The molecule has 0 aromatic heterocycles. The molecule has 3 rings (SSSR count). The molecule has 0 bridgehead atoms. The molecule has 0 saturated carbocycles. The van der Waals surface area contributed by atoms with E-state index < -0.39 is 5.91 Å². The fourth-order valence-corrected chi connectivity index (χ4v) is 3.66. The van der Waals surface area contributed by atoms with E-state index in [1.165, 1.54) is 13.2 Å². The number of anilines is 1. The third-order valence-electron chi connectivity index (χ3n) is 4.98. The lowest BCUT2D eigenvalue weighted by molar-refractivity contribution is -0.112. The minimum absolute atomic E-state index is 0.0266. The Morgan fingerprint density at radius 2 is 1.79 bits per heavy atom. The van der Waals surface area contributed by atoms with Crippen LogP contribution < -0.4 is 14.8 Å². The summed E-state index contributed by atoms with van der Waals surface area (Å²) in [6, 6.07) is 18.0. The molecular formula is C26H22Cl2N2O3. The largest absolute Gasteiger partial charge is 0.493 e. The van der Waals surface area contributed by atoms with Crippen molar-refractivity contribution in [1.29, 1.82) is 5.26 Å². The molecule has 1 amide bonds. The average Bonchev–Trinajstić information content (AvgIpc) is 2.79. The van der Waals surface area contributed by atoms with Gasteiger partial charge in [-0.2, -0.15) is 5.26 Å². The lowest BCUT2D eigenvalue weighted by Crippen LogP contribution is -2.15. The van der Waals surface area contributed by atoms with Gasteiger partial charge in [0.1, 0.15) is 18.2 Å². The van der Waals surface area contributed by atoms with E-state index >= 15 is 0 Å². The fraction of sp³-hybridized carbons (Fsp3) is 0.154. The van der Waals surface area contributed by atoms with E-state index in [1.54, 1.807) is 36.4 Å². The van der Waals surface area contributed by atoms with Crippen LogP contribution in [0.2, 0.25) is 10.0 Å². The van der Waals surface area contributed by atoms with Gasteiger partial charge in [-0.15, -0.1) is 0 Å². The van der Waals surface area contributed by atoms with Crippen LogP contribution in [-0.4, -0.2) is 13.0 Å². The second-order valence-electron chi connectivity index (χ2n) is 7.33. The number of aryl methyl sites for hydroxylation is 2. The second kappa shape index (κ2) is 10.9. The highest BCUT2D eigenvalue weighted by atomic mass is 35.5. The van der Waals surface area contributed by atoms with Crippen molar-refractivity contribution in [1.82, 2.24) is 0 Å². The fourth-order valence-electron chi connectivity index (χ4n) is 3.20. The maximum Gasteiger partial charge on any atom is 0.266 e. The van der Waals surface area contributed by atoms with Crippen LogP contribution in [0.1, 0.15) is 22.3 Å². The first-order chi connectivity index (χ1) is 15.8. The van der Waals surface area contributed by atoms with Gasteiger partial charge in [0.05, 0.1) is 7.11 Å². The zero-order valence-corrected chi connectivity index (χ0v) is 19.9. The summed E-state index contributed by atoms with van der Waals surface area (Å²) in [6.45, 7) is 4.03. The third kappa shape index (κ3) is 6.07. The Bertz CT molecular complexity index is 1240. The van der Waals surface area contributed by atoms with Gasteiger partial charge in [-0.1, -0.05) is 53.5 Å². The number of hydrogen-bond donors (Lipinski definition) is 1. The third-order valence-corrected chi connectivity index (χ3v) is 5.57. The topological polar surface area (TPSA) is 71.3 Å². The SMILES string of the molecule is COc1cc(/C=C(/C#N)C(=O)Nc2c(C)cccc2C)ccc1OCc1ccc(Cl)cc1Cl. The highest BCUT2D eigenvalue weighted by Crippen LogP contribution is 2.31. The molecular weight excluding hydrogens is 459 g/mol. The molecule has 0 fully saturated rings. The summed E-state index contributed by atoms with van der Waals surface area (Å²) in [7, 11) is 1.52. The van der Waals surface area contributed by atoms with Crippen molar-refractivity contribution < 1.29 is 14.3 Å². The molecule has 168 valence electrons. The van der Waals surface area contributed by atoms with Gasteiger partial charge in [0.25, 0.3) is 5.91 Å². The normalized spacial score (nSPS) is 11.0. The van der Waals surface area contributed by atoms with Gasteiger partial charge >= 0.3 is 0 Å². The number of para-hydroxylation sites is 1. The van der Waals surface area contributed by atoms with Crippen LogP contribution in [0.25, 0.3) is 6.08 Å². The van der Waals surface area contributed by atoms with E-state index in [0.717, 1.165) is 16.7 Å². The number of carbonyl (C=O) groups is 1. The molecule has 7 heteroatoms. The smallest absolute Gasteiger partial charge is 0.266 e. The quantitative estimate of drug-likeness (QED) is 0.300. The number of benzene rings is 3. The van der Waals surface area contributed by atoms with Crippen molar-refractivity contribution in [2.24, 2.45) is 0 Å². The molecule has 0 aliphatic carbocycles. The van der Waals surface area contributed by atoms with Crippen LogP contribution in [0.4, 0.5) is 5.69 Å². The molecule has 0 radical (unpaired) electrons. The summed E-state index contributed by atoms with van der Waals surface area (Å²) in [5.41, 5.74) is 3.92. The molecule has 0 spiro atoms. The maximum atomic E-state index is 12.7. The molecule has 3 aromatic carbocycles. The Morgan fingerprint density at radius 1 is 1.06 bits per heavy atom. The Morgan fingerprint density at radius 3 is 2.42 bits per heavy atom. The van der Waals surface area contributed by atoms with E-state index in [4.69, 9.17) is 32.7 Å². The first kappa shape index (κ1) is 24.2. The predicted octanol–water partition coefficient (Wildman–Crippen LogP) is 6.74. The van der Waals surface area contributed by atoms with E-state index in [2.05, 4.69) is 5.32 Å². The Hall–Kier alpha value is -3.46. The first-order valence-electron chi connectivity index (χ1n) is 10.1. The molecule has 0 heterocycles. The molecule has 5 nitrogen and oxygen atoms in total. The van der Waals surface area contributed by atoms with Crippen molar-refractivity contribution in [2.75, 3.05) is 12.4 Å². The maximum absolute atomic E-state index is 12.7. The number of nitrogens with zero attached hydrogens (tertiary/aromatic N) is 1. The van der Waals surface area contributed by atoms with Gasteiger partial charge in [-0.25, -0.2) is 0 Å². The summed E-state index contributed by atoms with van der Waals surface area (Å²) >= 11 is 12.1. The number of rotatable bonds is 7. The number of carbonyl (C=O) groups excluding carboxylic acids is 1. The highest BCUT2D eigenvalue weighted by molar-refractivity contribution is 6.35. The van der Waals surface area contributed by atoms with Crippen LogP contribution in [0.3, 0.4) is 0 Å². The number of ether oxygens (including phenoxy) is 2. The molecule has 1 N–H and O–H groups in total. The van der Waals surface area contributed by atoms with Gasteiger partial charge in [-0.05, 0) is 60.9 Å². The predicted molar refractivity (Wildman–Crippen MR) is 132 cm³/mol. The molecule has 0 atom stereocenters. The van der Waals surface area contributed by atoms with Crippen LogP contribution in [0, 0.1) is 25.2 Å². The Balaban J connectivity index is 1.79. The zero-order valence-electron chi connectivity index (χ0n) is 18.4. The van der Waals surface area contributed by atoms with Crippen molar-refractivity contribution >= 4 is 40.9 Å². The number of hydrogen-bond acceptors (Lipinski definition) is 4. The number of halogens is 2. The molecule has 0 unspecified atom stereocenters. The molecule has 3 aromatic rings. The van der Waals surface area contributed by atoms with E-state index in [0.29, 0.717) is 32.8 Å². The van der Waals surface area contributed by atoms with Gasteiger partial charge in [-0.3, -0.25) is 4.79 Å². The highest BCUT2D eigenvalue weighted by Gasteiger charge is 2.14. The van der Waals surface area contributed by atoms with Crippen molar-refractivity contribution in [3.63, 3.8) is 0 Å². The summed E-state index contributed by atoms with van der Waals surface area (Å²) in [5.74, 6) is 0.479. The van der Waals surface area contributed by atoms with Crippen LogP contribution >= 0.6 is 23.2 Å². The minimum Gasteiger partial charge on any atom is -0.493 e. The van der Waals surface area contributed by atoms with Crippen LogP contribution in [0.15, 0.2) is 60.2 Å². The number of amides is 1. The van der Waals surface area contributed by atoms with E-state index in [1.807, 2.05) is 38.1 Å². The zero-order chi connectivity index (χ0) is 24.0. The summed E-state index contributed by atoms with van der Waals surface area (Å²) in [4.78, 5) is 12.7. The van der Waals surface area contributed by atoms with Gasteiger partial charge < -0.3 is 14.8 Å². The van der Waals surface area contributed by atoms with Crippen LogP contribution in [0.5, 0.6) is 11.5 Å². The van der Waals surface area contributed by atoms with E-state index in [9.17, 15) is 10.1 Å². The van der Waals surface area contributed by atoms with E-state index in [-0.39, 0.29) is 12.2 Å². The Labute approximate surface area is 203 Å². The number of nitriles is 1. The summed E-state index contributed by atoms with van der Waals surface area (Å²) < 4.78 is 11.3. The number of methoxy groups -OCH3 is 1. The number of nitrogens with one attached hydrogen (secondary N) is 1. The molecule has 0 aliphatic rings. The van der Waals surface area contributed by atoms with Crippen molar-refractivity contribution in [3.05, 3.63) is 92.5 Å². The minimum atomic E-state index is -0.480. The van der Waals surface area contributed by atoms with Gasteiger partial charge in [0.2, 0.25) is 0 Å². The van der Waals surface area contributed by atoms with Gasteiger partial charge in [0.15, 0.2) is 11.5 Å². The second-order valence-corrected chi connectivity index (χ2v) is 8.17. The molecule has 0 saturated heterocycles. The molecule has 0 aliphatic heterocycles. The van der Waals surface area contributed by atoms with Crippen molar-refractivity contribution in [2.45, 2.75) is 20.5 Å². The monoisotopic (exact) mass is 480 g/mol. The lowest BCUT2D eigenvalue weighted by Gasteiger charge is -2.13. The first-order valence-corrected chi connectivity index (χ1v) is 10.8. The molecule has 33 heavy (non-hydrogen) atoms. The van der Waals surface area contributed by atoms with Crippen molar-refractivity contribution in [3.8, 4) is 17.6 Å². The Kier molecular flexibility index (Phi) is 8.00. The summed E-state index contributed by atoms with van der Waals surface area (Å²) in [5, 5.41) is 13.4. The van der Waals surface area contributed by atoms with Gasteiger partial charge in [0, 0.05) is 21.3 Å². The lowest BCUT2D eigenvalue weighted by atomic mass is 10.1. The van der Waals surface area contributed by atoms with Crippen LogP contribution in [-0.2, 0) is 11.4 Å². The standard InChI is InChI=1S/C26H22Cl2N2O3/c1-16-5-4-6-17(2)25(16)30-26(31)20(14-29)11-18-7-10-23(24(12-18)32-3)33-15-19-8-9-21(27)13-22(19)28/h4-13H,15H2,1-3H3,(H,30,31)/b20-11-.